The third-order valence-electron chi connectivity index (χ3n) is 3.70. The second-order valence-corrected chi connectivity index (χ2v) is 6.43. The Morgan fingerprint density at radius 1 is 0.682 bits per heavy atom. The zero-order valence-electron chi connectivity index (χ0n) is 11.8. The quantitative estimate of drug-likeness (QED) is 0.422. The van der Waals surface area contributed by atoms with E-state index in [-0.39, 0.29) is 0 Å². The van der Waals surface area contributed by atoms with E-state index in [9.17, 15) is 0 Å². The van der Waals surface area contributed by atoms with Gasteiger partial charge in [0.15, 0.2) is 0 Å². The molecule has 0 N–H and O–H groups in total. The van der Waals surface area contributed by atoms with Gasteiger partial charge in [-0.15, -0.1) is 0 Å². The molecule has 0 atom stereocenters. The molecule has 0 radical (unpaired) electrons. The van der Waals surface area contributed by atoms with Crippen LogP contribution in [0, 0.1) is 3.57 Å². The monoisotopic (exact) mass is 396 g/mol. The van der Waals surface area contributed by atoms with Gasteiger partial charge in [0.1, 0.15) is 5.65 Å². The first-order valence-corrected chi connectivity index (χ1v) is 8.18. The predicted octanol–water partition coefficient (Wildman–Crippen LogP) is 5.27. The average Bonchev–Trinajstić information content (AvgIpc) is 2.99. The van der Waals surface area contributed by atoms with Crippen molar-refractivity contribution in [3.05, 3.63) is 82.7 Å². The summed E-state index contributed by atoms with van der Waals surface area (Å²) < 4.78 is 3.27. The Bertz CT molecular complexity index is 925. The van der Waals surface area contributed by atoms with Crippen LogP contribution in [0.2, 0.25) is 0 Å². The Kier molecular flexibility index (Phi) is 3.42. The van der Waals surface area contributed by atoms with E-state index in [1.165, 1.54) is 14.7 Å². The van der Waals surface area contributed by atoms with Crippen LogP contribution < -0.4 is 0 Å². The van der Waals surface area contributed by atoms with Gasteiger partial charge < -0.3 is 4.40 Å². The highest BCUT2D eigenvalue weighted by atomic mass is 127. The molecule has 0 spiro atoms. The van der Waals surface area contributed by atoms with Crippen LogP contribution in [-0.2, 0) is 0 Å². The van der Waals surface area contributed by atoms with Crippen molar-refractivity contribution in [2.45, 2.75) is 0 Å². The SMILES string of the molecule is Ic1ccc2nc(-c3ccc(-c4ccccc4)cc3)cn2c1. The number of halogens is 1. The lowest BCUT2D eigenvalue weighted by Crippen LogP contribution is -1.82. The second kappa shape index (κ2) is 5.57. The van der Waals surface area contributed by atoms with Crippen molar-refractivity contribution < 1.29 is 0 Å². The number of hydrogen-bond donors (Lipinski definition) is 0. The van der Waals surface area contributed by atoms with Gasteiger partial charge >= 0.3 is 0 Å². The number of benzene rings is 2. The molecule has 106 valence electrons. The van der Waals surface area contributed by atoms with E-state index in [1.807, 2.05) is 12.1 Å². The number of hydrogen-bond acceptors (Lipinski definition) is 1. The molecule has 0 unspecified atom stereocenters. The molecular formula is C19H13IN2. The topological polar surface area (TPSA) is 17.3 Å². The maximum absolute atomic E-state index is 4.69. The molecule has 22 heavy (non-hydrogen) atoms. The molecule has 0 aliphatic heterocycles. The standard InChI is InChI=1S/C19H13IN2/c20-17-10-11-19-21-18(13-22(19)12-17)16-8-6-15(7-9-16)14-4-2-1-3-5-14/h1-13H. The van der Waals surface area contributed by atoms with Crippen molar-refractivity contribution in [3.8, 4) is 22.4 Å². The number of nitrogens with zero attached hydrogens (tertiary/aromatic N) is 2. The molecule has 4 rings (SSSR count). The summed E-state index contributed by atoms with van der Waals surface area (Å²) in [5.41, 5.74) is 5.57. The van der Waals surface area contributed by atoms with Gasteiger partial charge in [-0.1, -0.05) is 54.6 Å². The molecule has 2 aromatic heterocycles. The summed E-state index contributed by atoms with van der Waals surface area (Å²) in [4.78, 5) is 4.69. The van der Waals surface area contributed by atoms with Crippen LogP contribution >= 0.6 is 22.6 Å². The minimum absolute atomic E-state index is 0.975. The van der Waals surface area contributed by atoms with Gasteiger partial charge in [0.05, 0.1) is 5.69 Å². The lowest BCUT2D eigenvalue weighted by molar-refractivity contribution is 1.17. The molecule has 3 heteroatoms. The first-order chi connectivity index (χ1) is 10.8. The minimum Gasteiger partial charge on any atom is -0.305 e. The van der Waals surface area contributed by atoms with Crippen LogP contribution in [0.15, 0.2) is 79.1 Å². The average molecular weight is 396 g/mol. The third kappa shape index (κ3) is 2.52. The molecule has 4 aromatic rings. The molecular weight excluding hydrogens is 383 g/mol. The van der Waals surface area contributed by atoms with Crippen LogP contribution in [0.5, 0.6) is 0 Å². The molecule has 0 fully saturated rings. The van der Waals surface area contributed by atoms with Gasteiger partial charge in [0, 0.05) is 21.5 Å². The molecule has 0 aliphatic carbocycles. The Hall–Kier alpha value is -2.14. The molecule has 2 heterocycles. The Morgan fingerprint density at radius 2 is 1.36 bits per heavy atom. The summed E-state index contributed by atoms with van der Waals surface area (Å²) in [6, 6.07) is 23.1. The van der Waals surface area contributed by atoms with E-state index in [0.717, 1.165) is 16.9 Å². The number of imidazole rings is 1. The van der Waals surface area contributed by atoms with E-state index in [4.69, 9.17) is 0 Å². The summed E-state index contributed by atoms with van der Waals surface area (Å²) >= 11 is 2.31. The van der Waals surface area contributed by atoms with Crippen LogP contribution in [0.3, 0.4) is 0 Å². The highest BCUT2D eigenvalue weighted by Gasteiger charge is 2.05. The third-order valence-corrected chi connectivity index (χ3v) is 4.34. The fourth-order valence-corrected chi connectivity index (χ4v) is 3.05. The van der Waals surface area contributed by atoms with Gasteiger partial charge in [-0.3, -0.25) is 0 Å². The maximum Gasteiger partial charge on any atom is 0.137 e. The number of fused-ring (bicyclic) bond motifs is 1. The summed E-state index contributed by atoms with van der Waals surface area (Å²) in [6.07, 6.45) is 4.17. The number of aromatic nitrogens is 2. The molecule has 2 nitrogen and oxygen atoms in total. The van der Waals surface area contributed by atoms with Gasteiger partial charge in [-0.2, -0.15) is 0 Å². The van der Waals surface area contributed by atoms with Crippen molar-refractivity contribution in [2.24, 2.45) is 0 Å². The van der Waals surface area contributed by atoms with Crippen molar-refractivity contribution in [1.29, 1.82) is 0 Å². The van der Waals surface area contributed by atoms with E-state index < -0.39 is 0 Å². The van der Waals surface area contributed by atoms with Gasteiger partial charge in [-0.05, 0) is 45.9 Å². The smallest absolute Gasteiger partial charge is 0.137 e. The fraction of sp³-hybridized carbons (Fsp3) is 0. The zero-order valence-corrected chi connectivity index (χ0v) is 13.9. The van der Waals surface area contributed by atoms with Crippen LogP contribution in [0.25, 0.3) is 28.0 Å². The highest BCUT2D eigenvalue weighted by molar-refractivity contribution is 14.1. The van der Waals surface area contributed by atoms with E-state index in [2.05, 4.69) is 99.0 Å². The van der Waals surface area contributed by atoms with Gasteiger partial charge in [-0.25, -0.2) is 4.98 Å². The fourth-order valence-electron chi connectivity index (χ4n) is 2.57. The Morgan fingerprint density at radius 3 is 2.14 bits per heavy atom. The van der Waals surface area contributed by atoms with Crippen molar-refractivity contribution in [2.75, 3.05) is 0 Å². The van der Waals surface area contributed by atoms with Crippen LogP contribution in [-0.4, -0.2) is 9.38 Å². The normalized spacial score (nSPS) is 11.0. The first kappa shape index (κ1) is 13.5. The largest absolute Gasteiger partial charge is 0.305 e. The van der Waals surface area contributed by atoms with E-state index >= 15 is 0 Å². The van der Waals surface area contributed by atoms with Crippen LogP contribution in [0.4, 0.5) is 0 Å². The molecule has 0 saturated heterocycles. The van der Waals surface area contributed by atoms with Gasteiger partial charge in [0.25, 0.3) is 0 Å². The van der Waals surface area contributed by atoms with Crippen molar-refractivity contribution >= 4 is 28.2 Å². The Balaban J connectivity index is 1.73. The van der Waals surface area contributed by atoms with Crippen molar-refractivity contribution in [1.82, 2.24) is 9.38 Å². The molecule has 0 aliphatic rings. The summed E-state index contributed by atoms with van der Waals surface area (Å²) in [5.74, 6) is 0. The lowest BCUT2D eigenvalue weighted by atomic mass is 10.0. The minimum atomic E-state index is 0.975. The number of pyridine rings is 1. The summed E-state index contributed by atoms with van der Waals surface area (Å²) in [5, 5.41) is 0. The zero-order chi connectivity index (χ0) is 14.9. The summed E-state index contributed by atoms with van der Waals surface area (Å²) in [7, 11) is 0. The first-order valence-electron chi connectivity index (χ1n) is 7.10. The second-order valence-electron chi connectivity index (χ2n) is 5.18. The molecule has 0 bridgehead atoms. The molecule has 0 saturated carbocycles. The molecule has 2 aromatic carbocycles. The highest BCUT2D eigenvalue weighted by Crippen LogP contribution is 2.24. The van der Waals surface area contributed by atoms with Crippen LogP contribution in [0.1, 0.15) is 0 Å². The summed E-state index contributed by atoms with van der Waals surface area (Å²) in [6.45, 7) is 0. The number of rotatable bonds is 2. The predicted molar refractivity (Wildman–Crippen MR) is 98.8 cm³/mol. The molecule has 0 amide bonds. The van der Waals surface area contributed by atoms with Gasteiger partial charge in [0.2, 0.25) is 0 Å². The Labute approximate surface area is 142 Å². The maximum atomic E-state index is 4.69. The van der Waals surface area contributed by atoms with E-state index in [1.54, 1.807) is 0 Å². The lowest BCUT2D eigenvalue weighted by Gasteiger charge is -2.02. The van der Waals surface area contributed by atoms with Crippen molar-refractivity contribution in [3.63, 3.8) is 0 Å². The van der Waals surface area contributed by atoms with E-state index in [0.29, 0.717) is 0 Å².